The van der Waals surface area contributed by atoms with Crippen LogP contribution in [-0.2, 0) is 9.53 Å². The Morgan fingerprint density at radius 2 is 2.21 bits per heavy atom. The molecule has 1 aliphatic rings. The van der Waals surface area contributed by atoms with Gasteiger partial charge in [-0.1, -0.05) is 0 Å². The SMILES string of the molecule is CC(=Nc1cncnc1C)C(=O)NC1CCOCC1. The van der Waals surface area contributed by atoms with Crippen molar-refractivity contribution in [3.05, 3.63) is 18.2 Å². The second kappa shape index (κ2) is 6.38. The number of ether oxygens (including phenoxy) is 1. The fraction of sp³-hybridized carbons (Fsp3) is 0.538. The molecular weight excluding hydrogens is 244 g/mol. The number of hydrogen-bond donors (Lipinski definition) is 1. The Kier molecular flexibility index (Phi) is 4.57. The molecule has 6 nitrogen and oxygen atoms in total. The number of carbonyl (C=O) groups is 1. The maximum Gasteiger partial charge on any atom is 0.265 e. The molecule has 0 radical (unpaired) electrons. The molecule has 0 aromatic carbocycles. The van der Waals surface area contributed by atoms with E-state index in [1.54, 1.807) is 13.1 Å². The van der Waals surface area contributed by atoms with E-state index in [2.05, 4.69) is 20.3 Å². The molecule has 6 heteroatoms. The minimum atomic E-state index is -0.143. The highest BCUT2D eigenvalue weighted by atomic mass is 16.5. The van der Waals surface area contributed by atoms with Gasteiger partial charge in [-0.3, -0.25) is 4.79 Å². The average molecular weight is 262 g/mol. The summed E-state index contributed by atoms with van der Waals surface area (Å²) in [7, 11) is 0. The van der Waals surface area contributed by atoms with Gasteiger partial charge in [0.1, 0.15) is 17.7 Å². The quantitative estimate of drug-likeness (QED) is 0.830. The van der Waals surface area contributed by atoms with Crippen LogP contribution in [0.3, 0.4) is 0 Å². The van der Waals surface area contributed by atoms with Crippen LogP contribution in [0.15, 0.2) is 17.5 Å². The number of amides is 1. The Morgan fingerprint density at radius 1 is 1.47 bits per heavy atom. The predicted molar refractivity (Wildman–Crippen MR) is 71.5 cm³/mol. The molecule has 1 fully saturated rings. The molecule has 1 amide bonds. The van der Waals surface area contributed by atoms with Gasteiger partial charge in [-0.05, 0) is 26.7 Å². The zero-order chi connectivity index (χ0) is 13.7. The van der Waals surface area contributed by atoms with Crippen molar-refractivity contribution in [1.29, 1.82) is 0 Å². The lowest BCUT2D eigenvalue weighted by molar-refractivity contribution is -0.116. The Labute approximate surface area is 112 Å². The second-order valence-electron chi connectivity index (χ2n) is 4.55. The summed E-state index contributed by atoms with van der Waals surface area (Å²) in [5.74, 6) is -0.143. The number of nitrogens with zero attached hydrogens (tertiary/aromatic N) is 3. The Bertz CT molecular complexity index is 481. The van der Waals surface area contributed by atoms with Crippen LogP contribution in [0.25, 0.3) is 0 Å². The molecule has 0 bridgehead atoms. The first kappa shape index (κ1) is 13.6. The smallest absolute Gasteiger partial charge is 0.265 e. The summed E-state index contributed by atoms with van der Waals surface area (Å²) in [5, 5.41) is 2.97. The van der Waals surface area contributed by atoms with Crippen molar-refractivity contribution in [2.24, 2.45) is 4.99 Å². The molecule has 2 rings (SSSR count). The van der Waals surface area contributed by atoms with Gasteiger partial charge in [0.05, 0.1) is 11.9 Å². The van der Waals surface area contributed by atoms with Crippen LogP contribution in [0.2, 0.25) is 0 Å². The highest BCUT2D eigenvalue weighted by Gasteiger charge is 2.17. The van der Waals surface area contributed by atoms with E-state index in [-0.39, 0.29) is 11.9 Å². The first-order valence-electron chi connectivity index (χ1n) is 6.37. The van der Waals surface area contributed by atoms with Crippen LogP contribution < -0.4 is 5.32 Å². The molecule has 1 saturated heterocycles. The number of aliphatic imine (C=N–C) groups is 1. The third-order valence-electron chi connectivity index (χ3n) is 3.06. The number of rotatable bonds is 3. The molecule has 1 N–H and O–H groups in total. The molecule has 0 aliphatic carbocycles. The van der Waals surface area contributed by atoms with E-state index >= 15 is 0 Å². The largest absolute Gasteiger partial charge is 0.381 e. The number of hydrogen-bond acceptors (Lipinski definition) is 5. The zero-order valence-electron chi connectivity index (χ0n) is 11.2. The standard InChI is InChI=1S/C13H18N4O2/c1-9-12(7-14-8-15-9)16-10(2)13(18)17-11-3-5-19-6-4-11/h7-8,11H,3-6H2,1-2H3,(H,17,18). The van der Waals surface area contributed by atoms with Gasteiger partial charge in [0, 0.05) is 19.3 Å². The lowest BCUT2D eigenvalue weighted by atomic mass is 10.1. The summed E-state index contributed by atoms with van der Waals surface area (Å²) in [6, 6.07) is 0.180. The summed E-state index contributed by atoms with van der Waals surface area (Å²) >= 11 is 0. The molecule has 2 heterocycles. The van der Waals surface area contributed by atoms with Crippen molar-refractivity contribution in [2.75, 3.05) is 13.2 Å². The van der Waals surface area contributed by atoms with Crippen molar-refractivity contribution in [1.82, 2.24) is 15.3 Å². The van der Waals surface area contributed by atoms with Crippen LogP contribution in [-0.4, -0.2) is 40.8 Å². The van der Waals surface area contributed by atoms with E-state index in [0.717, 1.165) is 18.5 Å². The normalized spacial score (nSPS) is 17.3. The molecule has 19 heavy (non-hydrogen) atoms. The molecule has 0 spiro atoms. The summed E-state index contributed by atoms with van der Waals surface area (Å²) in [4.78, 5) is 24.2. The van der Waals surface area contributed by atoms with E-state index in [0.29, 0.717) is 24.6 Å². The van der Waals surface area contributed by atoms with Crippen molar-refractivity contribution in [2.45, 2.75) is 32.7 Å². The fourth-order valence-corrected chi connectivity index (χ4v) is 1.86. The second-order valence-corrected chi connectivity index (χ2v) is 4.55. The number of nitrogens with one attached hydrogen (secondary N) is 1. The number of aryl methyl sites for hydroxylation is 1. The summed E-state index contributed by atoms with van der Waals surface area (Å²) in [5.41, 5.74) is 1.81. The Morgan fingerprint density at radius 3 is 2.89 bits per heavy atom. The van der Waals surface area contributed by atoms with Gasteiger partial charge in [-0.2, -0.15) is 0 Å². The van der Waals surface area contributed by atoms with Crippen molar-refractivity contribution in [3.8, 4) is 0 Å². The topological polar surface area (TPSA) is 76.5 Å². The third-order valence-corrected chi connectivity index (χ3v) is 3.06. The summed E-state index contributed by atoms with van der Waals surface area (Å²) in [6.07, 6.45) is 4.78. The first-order chi connectivity index (χ1) is 9.16. The van der Waals surface area contributed by atoms with Crippen molar-refractivity contribution < 1.29 is 9.53 Å². The fourth-order valence-electron chi connectivity index (χ4n) is 1.86. The monoisotopic (exact) mass is 262 g/mol. The number of aromatic nitrogens is 2. The van der Waals surface area contributed by atoms with Gasteiger partial charge >= 0.3 is 0 Å². The lowest BCUT2D eigenvalue weighted by Gasteiger charge is -2.22. The van der Waals surface area contributed by atoms with Gasteiger partial charge < -0.3 is 10.1 Å². The summed E-state index contributed by atoms with van der Waals surface area (Å²) in [6.45, 7) is 4.94. The van der Waals surface area contributed by atoms with E-state index in [1.807, 2.05) is 6.92 Å². The first-order valence-corrected chi connectivity index (χ1v) is 6.37. The van der Waals surface area contributed by atoms with E-state index in [4.69, 9.17) is 4.74 Å². The molecule has 1 aromatic heterocycles. The Hall–Kier alpha value is -1.82. The van der Waals surface area contributed by atoms with Crippen LogP contribution >= 0.6 is 0 Å². The Balaban J connectivity index is 2.00. The third kappa shape index (κ3) is 3.82. The molecule has 0 saturated carbocycles. The van der Waals surface area contributed by atoms with Crippen LogP contribution in [0.4, 0.5) is 5.69 Å². The van der Waals surface area contributed by atoms with Gasteiger partial charge in [-0.25, -0.2) is 15.0 Å². The van der Waals surface area contributed by atoms with Gasteiger partial charge in [0.25, 0.3) is 5.91 Å². The predicted octanol–water partition coefficient (Wildman–Crippen LogP) is 1.17. The van der Waals surface area contributed by atoms with Gasteiger partial charge in [0.15, 0.2) is 0 Å². The molecule has 1 aromatic rings. The van der Waals surface area contributed by atoms with E-state index < -0.39 is 0 Å². The molecule has 0 unspecified atom stereocenters. The van der Waals surface area contributed by atoms with Crippen molar-refractivity contribution >= 4 is 17.3 Å². The zero-order valence-corrected chi connectivity index (χ0v) is 11.2. The van der Waals surface area contributed by atoms with Gasteiger partial charge in [0.2, 0.25) is 0 Å². The molecule has 1 aliphatic heterocycles. The highest BCUT2D eigenvalue weighted by molar-refractivity contribution is 6.38. The van der Waals surface area contributed by atoms with Gasteiger partial charge in [-0.15, -0.1) is 0 Å². The maximum absolute atomic E-state index is 12.0. The molecular formula is C13H18N4O2. The van der Waals surface area contributed by atoms with Crippen LogP contribution in [0.5, 0.6) is 0 Å². The van der Waals surface area contributed by atoms with Crippen LogP contribution in [0.1, 0.15) is 25.5 Å². The van der Waals surface area contributed by atoms with E-state index in [1.165, 1.54) is 6.33 Å². The number of carbonyl (C=O) groups excluding carboxylic acids is 1. The summed E-state index contributed by atoms with van der Waals surface area (Å²) < 4.78 is 5.26. The highest BCUT2D eigenvalue weighted by Crippen LogP contribution is 2.13. The van der Waals surface area contributed by atoms with Crippen LogP contribution in [0, 0.1) is 6.92 Å². The molecule has 102 valence electrons. The minimum absolute atomic E-state index is 0.143. The molecule has 0 atom stereocenters. The average Bonchev–Trinajstić information content (AvgIpc) is 2.42. The van der Waals surface area contributed by atoms with Crippen molar-refractivity contribution in [3.63, 3.8) is 0 Å². The minimum Gasteiger partial charge on any atom is -0.381 e. The lowest BCUT2D eigenvalue weighted by Crippen LogP contribution is -2.41. The van der Waals surface area contributed by atoms with E-state index in [9.17, 15) is 4.79 Å². The maximum atomic E-state index is 12.0.